The number of carbonyl (C=O) groups excluding carboxylic acids is 4. The van der Waals surface area contributed by atoms with Crippen molar-refractivity contribution in [2.75, 3.05) is 0 Å². The average Bonchev–Trinajstić information content (AvgIpc) is 2.83. The van der Waals surface area contributed by atoms with E-state index in [0.29, 0.717) is 39.4 Å². The van der Waals surface area contributed by atoms with E-state index in [9.17, 15) is 19.2 Å². The molecular weight excluding hydrogens is 478 g/mol. The van der Waals surface area contributed by atoms with E-state index in [0.717, 1.165) is 32.3 Å². The lowest BCUT2D eigenvalue weighted by molar-refractivity contribution is 0.0352. The van der Waals surface area contributed by atoms with Gasteiger partial charge in [-0.1, -0.05) is 45.0 Å². The second-order valence-corrected chi connectivity index (χ2v) is 12.3. The van der Waals surface area contributed by atoms with Crippen LogP contribution in [0.25, 0.3) is 43.1 Å². The van der Waals surface area contributed by atoms with Gasteiger partial charge < -0.3 is 4.74 Å². The Balaban J connectivity index is 1.57. The molecule has 0 saturated carbocycles. The van der Waals surface area contributed by atoms with Crippen LogP contribution in [0.5, 0.6) is 0 Å². The number of amides is 2. The third-order valence-electron chi connectivity index (χ3n) is 7.96. The zero-order chi connectivity index (χ0) is 26.9. The largest absolute Gasteiger partial charge is 0.386 e. The number of hydrogen-bond donors (Lipinski definition) is 0. The Morgan fingerprint density at radius 1 is 0.553 bits per heavy atom. The van der Waals surface area contributed by atoms with Crippen molar-refractivity contribution in [2.45, 2.75) is 46.6 Å². The van der Waals surface area contributed by atoms with E-state index in [1.807, 2.05) is 38.1 Å². The van der Waals surface area contributed by atoms with Crippen LogP contribution in [0.3, 0.4) is 0 Å². The summed E-state index contributed by atoms with van der Waals surface area (Å²) in [5.74, 6) is -1.89. The first-order chi connectivity index (χ1) is 17.9. The van der Waals surface area contributed by atoms with Gasteiger partial charge in [0.2, 0.25) is 0 Å². The predicted molar refractivity (Wildman–Crippen MR) is 146 cm³/mol. The normalized spacial score (nSPS) is 16.0. The number of ether oxygens (including phenoxy) is 1. The molecule has 0 unspecified atom stereocenters. The number of fused-ring (bicyclic) bond motifs is 2. The van der Waals surface area contributed by atoms with Crippen molar-refractivity contribution < 1.29 is 23.9 Å². The number of cyclic esters (lactones) is 2. The number of benzene rings is 5. The lowest BCUT2D eigenvalue weighted by atomic mass is 9.78. The molecule has 0 atom stereocenters. The van der Waals surface area contributed by atoms with Gasteiger partial charge in [-0.2, -0.15) is 0 Å². The fourth-order valence-corrected chi connectivity index (χ4v) is 7.04. The van der Waals surface area contributed by atoms with Crippen molar-refractivity contribution in [1.29, 1.82) is 0 Å². The summed E-state index contributed by atoms with van der Waals surface area (Å²) in [6.07, 6.45) is 0.660. The van der Waals surface area contributed by atoms with Gasteiger partial charge >= 0.3 is 11.9 Å². The highest BCUT2D eigenvalue weighted by Crippen LogP contribution is 2.47. The van der Waals surface area contributed by atoms with Gasteiger partial charge in [0, 0.05) is 27.4 Å². The summed E-state index contributed by atoms with van der Waals surface area (Å²) < 4.78 is 4.95. The molecule has 2 aliphatic rings. The summed E-state index contributed by atoms with van der Waals surface area (Å²) in [6.45, 7) is 10.2. The Hall–Kier alpha value is -4.32. The Kier molecular flexibility index (Phi) is 4.18. The van der Waals surface area contributed by atoms with Crippen LogP contribution in [-0.2, 0) is 4.74 Å². The van der Waals surface area contributed by atoms with E-state index in [4.69, 9.17) is 4.74 Å². The Labute approximate surface area is 218 Å². The van der Waals surface area contributed by atoms with Crippen molar-refractivity contribution in [1.82, 2.24) is 4.90 Å². The van der Waals surface area contributed by atoms with Gasteiger partial charge in [0.15, 0.2) is 0 Å². The first kappa shape index (κ1) is 22.8. The molecule has 0 aromatic heterocycles. The number of carbonyl (C=O) groups is 4. The molecule has 7 rings (SSSR count). The molecule has 0 spiro atoms. The Bertz CT molecular complexity index is 1840. The number of hydrogen-bond acceptors (Lipinski definition) is 5. The van der Waals surface area contributed by atoms with Gasteiger partial charge in [-0.05, 0) is 82.3 Å². The average molecular weight is 504 g/mol. The standard InChI is InChI=1S/C32H25NO5/c1-31(2,3)14-32(4,5)33-27(34)19-10-6-15-17-8-12-21-26-22(30(37)38-29(21)36)13-9-18(24(17)26)16-7-11-20(28(33)35)25(19)23(15)16/h6-13H,14H2,1-5H3. The molecule has 6 nitrogen and oxygen atoms in total. The van der Waals surface area contributed by atoms with Crippen LogP contribution in [0.15, 0.2) is 48.5 Å². The van der Waals surface area contributed by atoms with Gasteiger partial charge in [0.05, 0.1) is 11.1 Å². The molecule has 0 radical (unpaired) electrons. The zero-order valence-corrected chi connectivity index (χ0v) is 21.8. The lowest BCUT2D eigenvalue weighted by Gasteiger charge is -2.43. The van der Waals surface area contributed by atoms with E-state index >= 15 is 0 Å². The van der Waals surface area contributed by atoms with Crippen molar-refractivity contribution >= 4 is 66.8 Å². The third-order valence-corrected chi connectivity index (χ3v) is 7.96. The molecule has 6 heteroatoms. The van der Waals surface area contributed by atoms with Gasteiger partial charge in [-0.25, -0.2) is 9.59 Å². The van der Waals surface area contributed by atoms with E-state index in [1.54, 1.807) is 24.3 Å². The number of nitrogens with zero attached hydrogens (tertiary/aromatic N) is 1. The molecule has 5 aromatic carbocycles. The summed E-state index contributed by atoms with van der Waals surface area (Å²) in [6, 6.07) is 14.5. The molecule has 0 bridgehead atoms. The van der Waals surface area contributed by atoms with Crippen molar-refractivity contribution in [3.63, 3.8) is 0 Å². The first-order valence-corrected chi connectivity index (χ1v) is 12.7. The number of esters is 2. The van der Waals surface area contributed by atoms with Gasteiger partial charge in [0.25, 0.3) is 11.8 Å². The molecule has 0 saturated heterocycles. The second-order valence-electron chi connectivity index (χ2n) is 12.3. The van der Waals surface area contributed by atoms with E-state index in [2.05, 4.69) is 20.8 Å². The Morgan fingerprint density at radius 3 is 1.32 bits per heavy atom. The molecule has 0 N–H and O–H groups in total. The summed E-state index contributed by atoms with van der Waals surface area (Å²) in [4.78, 5) is 54.4. The molecule has 0 fully saturated rings. The van der Waals surface area contributed by atoms with E-state index in [-0.39, 0.29) is 17.2 Å². The maximum Gasteiger partial charge on any atom is 0.346 e. The number of rotatable bonds is 2. The van der Waals surface area contributed by atoms with Crippen LogP contribution >= 0.6 is 0 Å². The fourth-order valence-electron chi connectivity index (χ4n) is 7.04. The molecule has 2 aliphatic heterocycles. The van der Waals surface area contributed by atoms with Crippen molar-refractivity contribution in [3.05, 3.63) is 70.8 Å². The monoisotopic (exact) mass is 503 g/mol. The predicted octanol–water partition coefficient (Wildman–Crippen LogP) is 6.86. The SMILES string of the molecule is CC(C)(C)CC(C)(C)N1C(=O)c2ccc3c4ccc5c6c(ccc(c7ccc(c2c37)C1=O)c64)C(=O)OC5=O. The van der Waals surface area contributed by atoms with Crippen molar-refractivity contribution in [2.24, 2.45) is 5.41 Å². The van der Waals surface area contributed by atoms with Crippen LogP contribution in [0.4, 0.5) is 0 Å². The van der Waals surface area contributed by atoms with Crippen molar-refractivity contribution in [3.8, 4) is 0 Å². The Morgan fingerprint density at radius 2 is 0.921 bits per heavy atom. The third kappa shape index (κ3) is 2.77. The van der Waals surface area contributed by atoms with E-state index < -0.39 is 17.5 Å². The molecule has 2 amide bonds. The summed E-state index contributed by atoms with van der Waals surface area (Å²) in [5, 5.41) is 6.34. The second kappa shape index (κ2) is 6.95. The molecular formula is C32H25NO5. The minimum Gasteiger partial charge on any atom is -0.386 e. The molecule has 2 heterocycles. The summed E-state index contributed by atoms with van der Waals surface area (Å²) in [5.41, 5.74) is 0.979. The summed E-state index contributed by atoms with van der Waals surface area (Å²) >= 11 is 0. The highest BCUT2D eigenvalue weighted by atomic mass is 16.6. The molecule has 38 heavy (non-hydrogen) atoms. The first-order valence-electron chi connectivity index (χ1n) is 12.7. The smallest absolute Gasteiger partial charge is 0.346 e. The van der Waals surface area contributed by atoms with Gasteiger partial charge in [-0.15, -0.1) is 0 Å². The van der Waals surface area contributed by atoms with Crippen LogP contribution < -0.4 is 0 Å². The lowest BCUT2D eigenvalue weighted by Crippen LogP contribution is -2.54. The van der Waals surface area contributed by atoms with E-state index in [1.165, 1.54) is 4.90 Å². The van der Waals surface area contributed by atoms with Gasteiger partial charge in [0.1, 0.15) is 0 Å². The molecule has 188 valence electrons. The fraction of sp³-hybridized carbons (Fsp3) is 0.250. The van der Waals surface area contributed by atoms with Crippen LogP contribution in [0.1, 0.15) is 82.5 Å². The molecule has 0 aliphatic carbocycles. The zero-order valence-electron chi connectivity index (χ0n) is 21.8. The molecule has 5 aromatic rings. The van der Waals surface area contributed by atoms with Crippen LogP contribution in [0, 0.1) is 5.41 Å². The topological polar surface area (TPSA) is 80.8 Å². The van der Waals surface area contributed by atoms with Crippen LogP contribution in [-0.4, -0.2) is 34.2 Å². The van der Waals surface area contributed by atoms with Gasteiger partial charge in [-0.3, -0.25) is 14.5 Å². The maximum atomic E-state index is 13.9. The quantitative estimate of drug-likeness (QED) is 0.0864. The highest BCUT2D eigenvalue weighted by molar-refractivity contribution is 6.40. The summed E-state index contributed by atoms with van der Waals surface area (Å²) in [7, 11) is 0. The minimum atomic E-state index is -0.676. The number of imide groups is 1. The maximum absolute atomic E-state index is 13.9. The van der Waals surface area contributed by atoms with Crippen LogP contribution in [0.2, 0.25) is 0 Å². The highest BCUT2D eigenvalue weighted by Gasteiger charge is 2.44. The minimum absolute atomic E-state index is 0.0787.